The van der Waals surface area contributed by atoms with E-state index in [1.807, 2.05) is 18.2 Å². The zero-order chi connectivity index (χ0) is 24.8. The molecule has 2 aromatic rings. The summed E-state index contributed by atoms with van der Waals surface area (Å²) in [6.07, 6.45) is 2.70. The Bertz CT molecular complexity index is 1070. The van der Waals surface area contributed by atoms with Crippen LogP contribution in [0.4, 0.5) is 16.3 Å². The van der Waals surface area contributed by atoms with Crippen LogP contribution in [0.5, 0.6) is 0 Å². The molecule has 0 spiro atoms. The number of hydrogen-bond donors (Lipinski definition) is 4. The van der Waals surface area contributed by atoms with Gasteiger partial charge in [-0.15, -0.1) is 0 Å². The van der Waals surface area contributed by atoms with Gasteiger partial charge >= 0.3 is 6.03 Å². The lowest BCUT2D eigenvalue weighted by Crippen LogP contribution is -2.38. The first kappa shape index (κ1) is 24.3. The predicted molar refractivity (Wildman–Crippen MR) is 135 cm³/mol. The number of aliphatic hydroxyl groups is 1. The molecule has 10 nitrogen and oxygen atoms in total. The van der Waals surface area contributed by atoms with Gasteiger partial charge in [0.15, 0.2) is 6.29 Å². The number of pyridine rings is 1. The zero-order valence-electron chi connectivity index (χ0n) is 20.2. The van der Waals surface area contributed by atoms with E-state index in [9.17, 15) is 14.7 Å². The van der Waals surface area contributed by atoms with Crippen LogP contribution in [0.15, 0.2) is 54.0 Å². The largest absolute Gasteiger partial charge is 0.374 e. The normalized spacial score (nSPS) is 16.2. The summed E-state index contributed by atoms with van der Waals surface area (Å²) in [5.41, 5.74) is 3.45. The van der Waals surface area contributed by atoms with Crippen molar-refractivity contribution in [3.8, 4) is 11.3 Å². The number of carbonyl (C=O) groups is 2. The van der Waals surface area contributed by atoms with E-state index in [2.05, 4.69) is 50.1 Å². The number of amides is 2. The van der Waals surface area contributed by atoms with E-state index in [1.54, 1.807) is 11.9 Å². The molecule has 3 heterocycles. The number of anilines is 2. The number of urea groups is 1. The molecule has 1 fully saturated rings. The fourth-order valence-electron chi connectivity index (χ4n) is 4.40. The van der Waals surface area contributed by atoms with Crippen LogP contribution < -0.4 is 20.9 Å². The van der Waals surface area contributed by atoms with Gasteiger partial charge in [-0.25, -0.2) is 9.78 Å². The van der Waals surface area contributed by atoms with Gasteiger partial charge in [-0.1, -0.05) is 18.2 Å². The number of aromatic nitrogens is 1. The van der Waals surface area contributed by atoms with Gasteiger partial charge in [0.25, 0.3) is 0 Å². The van der Waals surface area contributed by atoms with E-state index in [-0.39, 0.29) is 6.03 Å². The molecule has 1 saturated heterocycles. The van der Waals surface area contributed by atoms with Crippen LogP contribution in [0.2, 0.25) is 0 Å². The Hall–Kier alpha value is -3.79. The highest BCUT2D eigenvalue weighted by Gasteiger charge is 2.27. The van der Waals surface area contributed by atoms with Gasteiger partial charge in [-0.3, -0.25) is 9.69 Å². The average Bonchev–Trinajstić information content (AvgIpc) is 3.57. The molecule has 0 bridgehead atoms. The van der Waals surface area contributed by atoms with E-state index < -0.39 is 6.23 Å². The predicted octanol–water partition coefficient (Wildman–Crippen LogP) is 1.97. The smallest absolute Gasteiger partial charge is 0.322 e. The van der Waals surface area contributed by atoms with Gasteiger partial charge < -0.3 is 30.9 Å². The van der Waals surface area contributed by atoms with Gasteiger partial charge in [0.05, 0.1) is 12.4 Å². The van der Waals surface area contributed by atoms with Crippen LogP contribution >= 0.6 is 0 Å². The molecule has 1 aromatic heterocycles. The summed E-state index contributed by atoms with van der Waals surface area (Å²) in [5.74, 6) is 1.01. The molecule has 4 N–H and O–H groups in total. The highest BCUT2D eigenvalue weighted by Crippen LogP contribution is 2.25. The maximum atomic E-state index is 11.9. The molecule has 0 aliphatic carbocycles. The topological polar surface area (TPSA) is 113 Å². The third-order valence-electron chi connectivity index (χ3n) is 6.36. The van der Waals surface area contributed by atoms with Crippen LogP contribution in [0, 0.1) is 0 Å². The molecule has 0 saturated carbocycles. The Morgan fingerprint density at radius 1 is 1.23 bits per heavy atom. The molecule has 186 valence electrons. The lowest BCUT2D eigenvalue weighted by molar-refractivity contribution is -0.106. The Balaban J connectivity index is 1.34. The van der Waals surface area contributed by atoms with Crippen molar-refractivity contribution in [3.63, 3.8) is 0 Å². The standard InChI is InChI=1S/C25H33N7O3/c1-26-25(35)30(2)24-21(16-33)32(17-27-24)15-12-23(34)29-22-7-5-6-20(28-22)18-8-10-19(11-9-18)31-13-3-4-14-31/h5-11,16,23,27,34H,3-4,12-15,17H2,1-2H3,(H,26,35)(H,28,29). The van der Waals surface area contributed by atoms with Crippen LogP contribution in [0.3, 0.4) is 0 Å². The van der Waals surface area contributed by atoms with Crippen LogP contribution in [0.25, 0.3) is 11.3 Å². The minimum atomic E-state index is -0.857. The first-order valence-corrected chi connectivity index (χ1v) is 11.9. The molecule has 35 heavy (non-hydrogen) atoms. The lowest BCUT2D eigenvalue weighted by Gasteiger charge is -2.21. The van der Waals surface area contributed by atoms with Crippen molar-refractivity contribution in [2.45, 2.75) is 25.5 Å². The monoisotopic (exact) mass is 479 g/mol. The van der Waals surface area contributed by atoms with Crippen molar-refractivity contribution in [2.75, 3.05) is 50.6 Å². The molecule has 10 heteroatoms. The van der Waals surface area contributed by atoms with Gasteiger partial charge in [0.2, 0.25) is 0 Å². The van der Waals surface area contributed by atoms with Gasteiger partial charge in [-0.2, -0.15) is 0 Å². The Morgan fingerprint density at radius 2 is 1.97 bits per heavy atom. The minimum Gasteiger partial charge on any atom is -0.374 e. The van der Waals surface area contributed by atoms with Crippen LogP contribution in [-0.2, 0) is 4.79 Å². The van der Waals surface area contributed by atoms with Crippen molar-refractivity contribution >= 4 is 23.8 Å². The van der Waals surface area contributed by atoms with Gasteiger partial charge in [0.1, 0.15) is 23.6 Å². The van der Waals surface area contributed by atoms with Crippen LogP contribution in [-0.4, -0.2) is 78.8 Å². The molecular formula is C25H33N7O3. The maximum absolute atomic E-state index is 11.9. The summed E-state index contributed by atoms with van der Waals surface area (Å²) in [7, 11) is 3.12. The Labute approximate surface area is 205 Å². The van der Waals surface area contributed by atoms with Crippen molar-refractivity contribution in [3.05, 3.63) is 54.0 Å². The van der Waals surface area contributed by atoms with Crippen molar-refractivity contribution in [1.82, 2.24) is 25.4 Å². The maximum Gasteiger partial charge on any atom is 0.322 e. The van der Waals surface area contributed by atoms with E-state index in [0.29, 0.717) is 43.3 Å². The SMILES string of the molecule is CNC(=O)N(C)C1=C(C=O)N(CCC(O)Nc2cccc(-c3ccc(N4CCCC4)cc3)n2)CN1. The fraction of sp³-hybridized carbons (Fsp3) is 0.400. The quantitative estimate of drug-likeness (QED) is 0.319. The third-order valence-corrected chi connectivity index (χ3v) is 6.36. The third kappa shape index (κ3) is 5.65. The number of benzene rings is 1. The van der Waals surface area contributed by atoms with Crippen molar-refractivity contribution in [1.29, 1.82) is 0 Å². The summed E-state index contributed by atoms with van der Waals surface area (Å²) >= 11 is 0. The molecular weight excluding hydrogens is 446 g/mol. The lowest BCUT2D eigenvalue weighted by atomic mass is 10.1. The first-order valence-electron chi connectivity index (χ1n) is 11.9. The van der Waals surface area contributed by atoms with Gasteiger partial charge in [0, 0.05) is 51.4 Å². The minimum absolute atomic E-state index is 0.327. The number of aldehydes is 1. The van der Waals surface area contributed by atoms with E-state index in [4.69, 9.17) is 0 Å². The number of carbonyl (C=O) groups excluding carboxylic acids is 2. The zero-order valence-corrected chi connectivity index (χ0v) is 20.2. The Morgan fingerprint density at radius 3 is 2.66 bits per heavy atom. The number of aliphatic hydroxyl groups excluding tert-OH is 1. The van der Waals surface area contributed by atoms with Crippen LogP contribution in [0.1, 0.15) is 19.3 Å². The molecule has 4 rings (SSSR count). The summed E-state index contributed by atoms with van der Waals surface area (Å²) in [4.78, 5) is 33.7. The van der Waals surface area contributed by atoms with Crippen molar-refractivity contribution < 1.29 is 14.7 Å². The highest BCUT2D eigenvalue weighted by molar-refractivity contribution is 5.80. The average molecular weight is 480 g/mol. The number of allylic oxidation sites excluding steroid dienone is 1. The second-order valence-corrected chi connectivity index (χ2v) is 8.66. The van der Waals surface area contributed by atoms with Gasteiger partial charge in [-0.05, 0) is 37.1 Å². The molecule has 2 aliphatic rings. The number of hydrogen-bond acceptors (Lipinski definition) is 8. The molecule has 2 aliphatic heterocycles. The molecule has 1 aromatic carbocycles. The number of rotatable bonds is 9. The van der Waals surface area contributed by atoms with Crippen molar-refractivity contribution in [2.24, 2.45) is 0 Å². The molecule has 1 atom stereocenters. The Kier molecular flexibility index (Phi) is 7.71. The first-order chi connectivity index (χ1) is 17.0. The molecule has 1 unspecified atom stereocenters. The van der Waals surface area contributed by atoms with E-state index >= 15 is 0 Å². The number of nitrogens with one attached hydrogen (secondary N) is 3. The highest BCUT2D eigenvalue weighted by atomic mass is 16.3. The van der Waals surface area contributed by atoms with E-state index in [0.717, 1.165) is 24.3 Å². The summed E-state index contributed by atoms with van der Waals surface area (Å²) in [6, 6.07) is 13.8. The summed E-state index contributed by atoms with van der Waals surface area (Å²) < 4.78 is 0. The summed E-state index contributed by atoms with van der Waals surface area (Å²) in [5, 5.41) is 19.2. The molecule has 0 radical (unpaired) electrons. The number of nitrogens with zero attached hydrogens (tertiary/aromatic N) is 4. The second-order valence-electron chi connectivity index (χ2n) is 8.66. The fourth-order valence-corrected chi connectivity index (χ4v) is 4.40. The second kappa shape index (κ2) is 11.1. The van der Waals surface area contributed by atoms with E-state index in [1.165, 1.54) is 30.5 Å². The summed E-state index contributed by atoms with van der Waals surface area (Å²) in [6.45, 7) is 3.01. The molecule has 2 amide bonds.